The van der Waals surface area contributed by atoms with Crippen LogP contribution >= 0.6 is 0 Å². The van der Waals surface area contributed by atoms with E-state index < -0.39 is 5.54 Å². The molecule has 0 saturated carbocycles. The molecule has 0 atom stereocenters. The number of carbonyl (C=O) groups excluding carboxylic acids is 1. The van der Waals surface area contributed by atoms with Crippen LogP contribution in [0.2, 0.25) is 0 Å². The van der Waals surface area contributed by atoms with Crippen molar-refractivity contribution >= 4 is 5.97 Å². The second kappa shape index (κ2) is 5.82. The average Bonchev–Trinajstić information content (AvgIpc) is 2.28. The molecule has 0 bridgehead atoms. The predicted octanol–water partition coefficient (Wildman–Crippen LogP) is 2.43. The smallest absolute Gasteiger partial charge is 0.325 e. The number of esters is 1. The van der Waals surface area contributed by atoms with Crippen LogP contribution in [0.15, 0.2) is 24.3 Å². The molecule has 1 aromatic rings. The van der Waals surface area contributed by atoms with Crippen LogP contribution in [0.25, 0.3) is 0 Å². The lowest BCUT2D eigenvalue weighted by molar-refractivity contribution is -0.149. The minimum absolute atomic E-state index is 0.214. The van der Waals surface area contributed by atoms with E-state index in [2.05, 4.69) is 24.4 Å². The summed E-state index contributed by atoms with van der Waals surface area (Å²) in [6.07, 6.45) is 0. The second-order valence-electron chi connectivity index (χ2n) is 4.63. The number of rotatable bonds is 5. The highest BCUT2D eigenvalue weighted by molar-refractivity contribution is 5.79. The van der Waals surface area contributed by atoms with Crippen LogP contribution < -0.4 is 5.32 Å². The number of nitrogens with one attached hydrogen (secondary N) is 1. The third-order valence-corrected chi connectivity index (χ3v) is 2.77. The molecular formula is C14H21NO2. The van der Waals surface area contributed by atoms with Gasteiger partial charge in [-0.2, -0.15) is 0 Å². The highest BCUT2D eigenvalue weighted by Crippen LogP contribution is 2.10. The molecule has 0 radical (unpaired) electrons. The molecule has 0 saturated heterocycles. The van der Waals surface area contributed by atoms with E-state index in [1.807, 2.05) is 32.9 Å². The Morgan fingerprint density at radius 2 is 2.00 bits per heavy atom. The summed E-state index contributed by atoms with van der Waals surface area (Å²) in [5.41, 5.74) is 1.77. The molecular weight excluding hydrogens is 214 g/mol. The molecule has 0 aliphatic carbocycles. The third-order valence-electron chi connectivity index (χ3n) is 2.77. The summed E-state index contributed by atoms with van der Waals surface area (Å²) in [5, 5.41) is 3.23. The normalized spacial score (nSPS) is 11.3. The van der Waals surface area contributed by atoms with Crippen LogP contribution in [0.3, 0.4) is 0 Å². The molecule has 3 nitrogen and oxygen atoms in total. The summed E-state index contributed by atoms with van der Waals surface area (Å²) in [5.74, 6) is -0.214. The minimum Gasteiger partial charge on any atom is -0.465 e. The fraction of sp³-hybridized carbons (Fsp3) is 0.500. The monoisotopic (exact) mass is 235 g/mol. The summed E-state index contributed by atoms with van der Waals surface area (Å²) in [7, 11) is 0. The first-order valence-corrected chi connectivity index (χ1v) is 5.94. The summed E-state index contributed by atoms with van der Waals surface area (Å²) >= 11 is 0. The number of benzene rings is 1. The van der Waals surface area contributed by atoms with E-state index in [-0.39, 0.29) is 5.97 Å². The van der Waals surface area contributed by atoms with Crippen molar-refractivity contribution in [2.24, 2.45) is 0 Å². The molecule has 0 spiro atoms. The molecule has 0 amide bonds. The van der Waals surface area contributed by atoms with Crippen molar-refractivity contribution in [2.75, 3.05) is 6.61 Å². The van der Waals surface area contributed by atoms with Crippen LogP contribution in [0.5, 0.6) is 0 Å². The SMILES string of the molecule is CCOC(=O)C(C)(C)NCc1ccccc1C. The average molecular weight is 235 g/mol. The van der Waals surface area contributed by atoms with E-state index in [1.165, 1.54) is 11.1 Å². The number of ether oxygens (including phenoxy) is 1. The highest BCUT2D eigenvalue weighted by atomic mass is 16.5. The first kappa shape index (κ1) is 13.7. The van der Waals surface area contributed by atoms with E-state index in [0.29, 0.717) is 13.2 Å². The standard InChI is InChI=1S/C14H21NO2/c1-5-17-13(16)14(3,4)15-10-12-9-7-6-8-11(12)2/h6-9,15H,5,10H2,1-4H3. The zero-order valence-corrected chi connectivity index (χ0v) is 11.0. The molecule has 0 aliphatic rings. The van der Waals surface area contributed by atoms with Gasteiger partial charge >= 0.3 is 5.97 Å². The summed E-state index contributed by atoms with van der Waals surface area (Å²) in [6, 6.07) is 8.13. The number of carbonyl (C=O) groups is 1. The lowest BCUT2D eigenvalue weighted by Crippen LogP contribution is -2.47. The van der Waals surface area contributed by atoms with Crippen LogP contribution in [0.4, 0.5) is 0 Å². The minimum atomic E-state index is -0.654. The van der Waals surface area contributed by atoms with Crippen molar-refractivity contribution in [1.29, 1.82) is 0 Å². The maximum atomic E-state index is 11.7. The van der Waals surface area contributed by atoms with Gasteiger partial charge in [0.1, 0.15) is 5.54 Å². The lowest BCUT2D eigenvalue weighted by atomic mass is 10.0. The van der Waals surface area contributed by atoms with Gasteiger partial charge in [0.2, 0.25) is 0 Å². The Balaban J connectivity index is 2.61. The van der Waals surface area contributed by atoms with E-state index in [4.69, 9.17) is 4.74 Å². The van der Waals surface area contributed by atoms with E-state index in [0.717, 1.165) is 0 Å². The van der Waals surface area contributed by atoms with Crippen molar-refractivity contribution in [1.82, 2.24) is 5.32 Å². The van der Waals surface area contributed by atoms with Gasteiger partial charge in [0.25, 0.3) is 0 Å². The largest absolute Gasteiger partial charge is 0.465 e. The Morgan fingerprint density at radius 3 is 2.59 bits per heavy atom. The third kappa shape index (κ3) is 3.86. The zero-order valence-electron chi connectivity index (χ0n) is 11.0. The molecule has 94 valence electrons. The maximum Gasteiger partial charge on any atom is 0.325 e. The van der Waals surface area contributed by atoms with Gasteiger partial charge < -0.3 is 4.74 Å². The fourth-order valence-corrected chi connectivity index (χ4v) is 1.51. The fourth-order valence-electron chi connectivity index (χ4n) is 1.51. The van der Waals surface area contributed by atoms with E-state index in [9.17, 15) is 4.79 Å². The van der Waals surface area contributed by atoms with Crippen molar-refractivity contribution in [3.05, 3.63) is 35.4 Å². The van der Waals surface area contributed by atoms with Gasteiger partial charge in [-0.25, -0.2) is 0 Å². The molecule has 0 fully saturated rings. The Kier molecular flexibility index (Phi) is 4.70. The second-order valence-corrected chi connectivity index (χ2v) is 4.63. The molecule has 0 heterocycles. The van der Waals surface area contributed by atoms with Gasteiger partial charge in [-0.15, -0.1) is 0 Å². The Hall–Kier alpha value is -1.35. The topological polar surface area (TPSA) is 38.3 Å². The number of hydrogen-bond donors (Lipinski definition) is 1. The Labute approximate surface area is 103 Å². The van der Waals surface area contributed by atoms with Gasteiger partial charge in [0.15, 0.2) is 0 Å². The van der Waals surface area contributed by atoms with Gasteiger partial charge in [0, 0.05) is 6.54 Å². The molecule has 0 aliphatic heterocycles. The molecule has 0 unspecified atom stereocenters. The Bertz CT molecular complexity index is 386. The predicted molar refractivity (Wildman–Crippen MR) is 68.7 cm³/mol. The molecule has 17 heavy (non-hydrogen) atoms. The van der Waals surface area contributed by atoms with Crippen molar-refractivity contribution in [3.63, 3.8) is 0 Å². The molecule has 1 N–H and O–H groups in total. The quantitative estimate of drug-likeness (QED) is 0.797. The van der Waals surface area contributed by atoms with Crippen molar-refractivity contribution in [2.45, 2.75) is 39.8 Å². The van der Waals surface area contributed by atoms with Crippen LogP contribution in [0, 0.1) is 6.92 Å². The zero-order chi connectivity index (χ0) is 12.9. The molecule has 1 aromatic carbocycles. The lowest BCUT2D eigenvalue weighted by Gasteiger charge is -2.24. The van der Waals surface area contributed by atoms with Gasteiger partial charge in [-0.05, 0) is 38.8 Å². The molecule has 3 heteroatoms. The summed E-state index contributed by atoms with van der Waals surface area (Å²) in [6.45, 7) is 8.63. The van der Waals surface area contributed by atoms with Gasteiger partial charge in [-0.3, -0.25) is 10.1 Å². The summed E-state index contributed by atoms with van der Waals surface area (Å²) < 4.78 is 5.02. The van der Waals surface area contributed by atoms with E-state index in [1.54, 1.807) is 0 Å². The van der Waals surface area contributed by atoms with Crippen LogP contribution in [0.1, 0.15) is 31.9 Å². The first-order valence-electron chi connectivity index (χ1n) is 5.94. The Morgan fingerprint density at radius 1 is 1.35 bits per heavy atom. The van der Waals surface area contributed by atoms with Crippen molar-refractivity contribution < 1.29 is 9.53 Å². The van der Waals surface area contributed by atoms with Crippen LogP contribution in [-0.2, 0) is 16.1 Å². The van der Waals surface area contributed by atoms with E-state index >= 15 is 0 Å². The maximum absolute atomic E-state index is 11.7. The summed E-state index contributed by atoms with van der Waals surface area (Å²) in [4.78, 5) is 11.7. The molecule has 0 aromatic heterocycles. The van der Waals surface area contributed by atoms with Crippen molar-refractivity contribution in [3.8, 4) is 0 Å². The highest BCUT2D eigenvalue weighted by Gasteiger charge is 2.28. The molecule has 1 rings (SSSR count). The van der Waals surface area contributed by atoms with Crippen LogP contribution in [-0.4, -0.2) is 18.1 Å². The van der Waals surface area contributed by atoms with Gasteiger partial charge in [-0.1, -0.05) is 24.3 Å². The number of aryl methyl sites for hydroxylation is 1. The van der Waals surface area contributed by atoms with Gasteiger partial charge in [0.05, 0.1) is 6.61 Å². The number of hydrogen-bond acceptors (Lipinski definition) is 3. The first-order chi connectivity index (χ1) is 7.97.